The van der Waals surface area contributed by atoms with Crippen molar-refractivity contribution >= 4 is 27.5 Å². The molecule has 0 saturated heterocycles. The number of benzene rings is 3. The standard InChI is InChI=1S/C27H30FN3O4S/c1-20-8-7-11-22(16-20)18-30(25(27(33)29-2)17-21-9-5-4-6-10-21)26(32)19-31(36(3,34)35)24-14-12-23(28)13-15-24/h4-16,25H,17-19H2,1-3H3,(H,29,33). The molecule has 3 aromatic rings. The molecule has 0 aliphatic rings. The van der Waals surface area contributed by atoms with E-state index >= 15 is 0 Å². The summed E-state index contributed by atoms with van der Waals surface area (Å²) in [4.78, 5) is 28.2. The minimum absolute atomic E-state index is 0.104. The second kappa shape index (κ2) is 11.8. The van der Waals surface area contributed by atoms with Crippen LogP contribution in [-0.2, 0) is 32.6 Å². The van der Waals surface area contributed by atoms with Gasteiger partial charge < -0.3 is 10.2 Å². The van der Waals surface area contributed by atoms with E-state index in [1.165, 1.54) is 24.1 Å². The molecule has 1 unspecified atom stereocenters. The lowest BCUT2D eigenvalue weighted by atomic mass is 10.0. The zero-order chi connectivity index (χ0) is 26.3. The van der Waals surface area contributed by atoms with Gasteiger partial charge in [-0.05, 0) is 42.3 Å². The maximum absolute atomic E-state index is 13.7. The zero-order valence-corrected chi connectivity index (χ0v) is 21.3. The summed E-state index contributed by atoms with van der Waals surface area (Å²) < 4.78 is 39.6. The molecule has 0 saturated carbocycles. The van der Waals surface area contributed by atoms with E-state index in [1.807, 2.05) is 61.5 Å². The van der Waals surface area contributed by atoms with Gasteiger partial charge in [0, 0.05) is 20.0 Å². The number of nitrogens with one attached hydrogen (secondary N) is 1. The molecule has 7 nitrogen and oxygen atoms in total. The van der Waals surface area contributed by atoms with Crippen molar-refractivity contribution < 1.29 is 22.4 Å². The van der Waals surface area contributed by atoms with E-state index in [0.29, 0.717) is 0 Å². The number of hydrogen-bond acceptors (Lipinski definition) is 4. The number of aryl methyl sites for hydroxylation is 1. The van der Waals surface area contributed by atoms with Crippen LogP contribution in [0.4, 0.5) is 10.1 Å². The summed E-state index contributed by atoms with van der Waals surface area (Å²) in [5, 5.41) is 2.63. The summed E-state index contributed by atoms with van der Waals surface area (Å²) in [5.74, 6) is -1.45. The van der Waals surface area contributed by atoms with Gasteiger partial charge >= 0.3 is 0 Å². The lowest BCUT2D eigenvalue weighted by Crippen LogP contribution is -2.52. The van der Waals surface area contributed by atoms with Gasteiger partial charge in [-0.2, -0.15) is 0 Å². The number of halogens is 1. The van der Waals surface area contributed by atoms with Gasteiger partial charge in [-0.25, -0.2) is 12.8 Å². The molecule has 2 amide bonds. The quantitative estimate of drug-likeness (QED) is 0.453. The Bertz CT molecular complexity index is 1300. The van der Waals surface area contributed by atoms with Crippen molar-refractivity contribution in [1.82, 2.24) is 10.2 Å². The smallest absolute Gasteiger partial charge is 0.244 e. The van der Waals surface area contributed by atoms with E-state index in [0.717, 1.165) is 39.4 Å². The Morgan fingerprint density at radius 1 is 0.944 bits per heavy atom. The normalized spacial score (nSPS) is 12.0. The predicted octanol–water partition coefficient (Wildman–Crippen LogP) is 3.29. The second-order valence-corrected chi connectivity index (χ2v) is 10.5. The summed E-state index contributed by atoms with van der Waals surface area (Å²) in [7, 11) is -2.39. The van der Waals surface area contributed by atoms with Gasteiger partial charge in [-0.1, -0.05) is 60.2 Å². The predicted molar refractivity (Wildman–Crippen MR) is 138 cm³/mol. The van der Waals surface area contributed by atoms with Crippen LogP contribution in [0.15, 0.2) is 78.9 Å². The third-order valence-electron chi connectivity index (χ3n) is 5.75. The van der Waals surface area contributed by atoms with Crippen LogP contribution >= 0.6 is 0 Å². The number of likely N-dealkylation sites (N-methyl/N-ethyl adjacent to an activating group) is 1. The number of hydrogen-bond donors (Lipinski definition) is 1. The summed E-state index contributed by atoms with van der Waals surface area (Å²) >= 11 is 0. The second-order valence-electron chi connectivity index (χ2n) is 8.58. The van der Waals surface area contributed by atoms with Crippen LogP contribution in [0.2, 0.25) is 0 Å². The molecule has 0 aliphatic heterocycles. The van der Waals surface area contributed by atoms with Crippen LogP contribution in [0, 0.1) is 12.7 Å². The van der Waals surface area contributed by atoms with Crippen LogP contribution in [0.25, 0.3) is 0 Å². The van der Waals surface area contributed by atoms with E-state index in [4.69, 9.17) is 0 Å². The Morgan fingerprint density at radius 3 is 2.17 bits per heavy atom. The molecule has 3 aromatic carbocycles. The number of nitrogens with zero attached hydrogens (tertiary/aromatic N) is 2. The molecule has 1 N–H and O–H groups in total. The molecule has 3 rings (SSSR count). The SMILES string of the molecule is CNC(=O)C(Cc1ccccc1)N(Cc1cccc(C)c1)C(=O)CN(c1ccc(F)cc1)S(C)(=O)=O. The van der Waals surface area contributed by atoms with Gasteiger partial charge in [-0.15, -0.1) is 0 Å². The van der Waals surface area contributed by atoms with Gasteiger partial charge in [0.1, 0.15) is 18.4 Å². The summed E-state index contributed by atoms with van der Waals surface area (Å²) in [6, 6.07) is 20.8. The Kier molecular flexibility index (Phi) is 8.82. The fourth-order valence-electron chi connectivity index (χ4n) is 3.95. The van der Waals surface area contributed by atoms with E-state index in [2.05, 4.69) is 5.32 Å². The minimum atomic E-state index is -3.89. The number of amides is 2. The molecule has 36 heavy (non-hydrogen) atoms. The summed E-state index contributed by atoms with van der Waals surface area (Å²) in [5.41, 5.74) is 2.80. The molecule has 190 valence electrons. The van der Waals surface area contributed by atoms with Crippen molar-refractivity contribution in [3.05, 3.63) is 101 Å². The van der Waals surface area contributed by atoms with Gasteiger partial charge in [0.05, 0.1) is 11.9 Å². The Balaban J connectivity index is 2.02. The lowest BCUT2D eigenvalue weighted by Gasteiger charge is -2.33. The molecule has 9 heteroatoms. The molecule has 0 aromatic heterocycles. The molecule has 0 aliphatic carbocycles. The maximum atomic E-state index is 13.7. The van der Waals surface area contributed by atoms with Gasteiger partial charge in [0.15, 0.2) is 0 Å². The number of rotatable bonds is 10. The highest BCUT2D eigenvalue weighted by Crippen LogP contribution is 2.21. The highest BCUT2D eigenvalue weighted by molar-refractivity contribution is 7.92. The molecular weight excluding hydrogens is 481 g/mol. The van der Waals surface area contributed by atoms with E-state index < -0.39 is 34.3 Å². The number of anilines is 1. The molecule has 1 atom stereocenters. The summed E-state index contributed by atoms with van der Waals surface area (Å²) in [6.45, 7) is 1.49. The van der Waals surface area contributed by atoms with Gasteiger partial charge in [0.2, 0.25) is 21.8 Å². The third kappa shape index (κ3) is 7.14. The first-order chi connectivity index (χ1) is 17.1. The number of carbonyl (C=O) groups is 2. The molecular formula is C27H30FN3O4S. The van der Waals surface area contributed by atoms with Crippen LogP contribution in [0.1, 0.15) is 16.7 Å². The fraction of sp³-hybridized carbons (Fsp3) is 0.259. The monoisotopic (exact) mass is 511 g/mol. The molecule has 0 bridgehead atoms. The molecule has 0 radical (unpaired) electrons. The van der Waals surface area contributed by atoms with Crippen LogP contribution in [-0.4, -0.2) is 51.0 Å². The van der Waals surface area contributed by atoms with Crippen molar-refractivity contribution in [3.63, 3.8) is 0 Å². The van der Waals surface area contributed by atoms with E-state index in [9.17, 15) is 22.4 Å². The molecule has 0 spiro atoms. The Morgan fingerprint density at radius 2 is 1.58 bits per heavy atom. The lowest BCUT2D eigenvalue weighted by molar-refractivity contribution is -0.139. The third-order valence-corrected chi connectivity index (χ3v) is 6.89. The van der Waals surface area contributed by atoms with Gasteiger partial charge in [-0.3, -0.25) is 13.9 Å². The van der Waals surface area contributed by atoms with E-state index in [-0.39, 0.29) is 24.6 Å². The average molecular weight is 512 g/mol. The molecule has 0 fully saturated rings. The van der Waals surface area contributed by atoms with Crippen LogP contribution in [0.5, 0.6) is 0 Å². The Hall–Kier alpha value is -3.72. The van der Waals surface area contributed by atoms with Crippen molar-refractivity contribution in [2.24, 2.45) is 0 Å². The summed E-state index contributed by atoms with van der Waals surface area (Å²) in [6.07, 6.45) is 1.22. The Labute approximate surface area is 211 Å². The number of sulfonamides is 1. The largest absolute Gasteiger partial charge is 0.357 e. The van der Waals surface area contributed by atoms with Crippen LogP contribution < -0.4 is 9.62 Å². The maximum Gasteiger partial charge on any atom is 0.244 e. The van der Waals surface area contributed by atoms with Crippen molar-refractivity contribution in [2.75, 3.05) is 24.2 Å². The number of carbonyl (C=O) groups excluding carboxylic acids is 2. The first-order valence-electron chi connectivity index (χ1n) is 11.4. The topological polar surface area (TPSA) is 86.8 Å². The minimum Gasteiger partial charge on any atom is -0.357 e. The zero-order valence-electron chi connectivity index (χ0n) is 20.5. The van der Waals surface area contributed by atoms with Crippen molar-refractivity contribution in [3.8, 4) is 0 Å². The van der Waals surface area contributed by atoms with Gasteiger partial charge in [0.25, 0.3) is 0 Å². The van der Waals surface area contributed by atoms with Crippen molar-refractivity contribution in [1.29, 1.82) is 0 Å². The average Bonchev–Trinajstić information content (AvgIpc) is 2.84. The molecule has 0 heterocycles. The van der Waals surface area contributed by atoms with Crippen molar-refractivity contribution in [2.45, 2.75) is 25.9 Å². The highest BCUT2D eigenvalue weighted by Gasteiger charge is 2.32. The van der Waals surface area contributed by atoms with E-state index in [1.54, 1.807) is 0 Å². The van der Waals surface area contributed by atoms with Crippen LogP contribution in [0.3, 0.4) is 0 Å². The first kappa shape index (κ1) is 26.9. The highest BCUT2D eigenvalue weighted by atomic mass is 32.2. The fourth-order valence-corrected chi connectivity index (χ4v) is 4.80. The first-order valence-corrected chi connectivity index (χ1v) is 13.3.